The number of benzene rings is 2. The van der Waals surface area contributed by atoms with E-state index in [9.17, 15) is 4.79 Å². The first-order valence-electron chi connectivity index (χ1n) is 8.41. The molecule has 1 unspecified atom stereocenters. The Morgan fingerprint density at radius 3 is 2.69 bits per heavy atom. The summed E-state index contributed by atoms with van der Waals surface area (Å²) in [6.07, 6.45) is 0. The molecule has 0 radical (unpaired) electrons. The van der Waals surface area contributed by atoms with Gasteiger partial charge in [-0.2, -0.15) is 0 Å². The number of ether oxygens (including phenoxy) is 2. The Labute approximate surface area is 162 Å². The molecule has 0 fully saturated rings. The highest BCUT2D eigenvalue weighted by molar-refractivity contribution is 6.42. The van der Waals surface area contributed by atoms with Gasteiger partial charge in [0.05, 0.1) is 17.1 Å². The summed E-state index contributed by atoms with van der Waals surface area (Å²) >= 11 is 12.3. The molecule has 2 atom stereocenters. The smallest absolute Gasteiger partial charge is 0.282 e. The molecule has 138 valence electrons. The van der Waals surface area contributed by atoms with Gasteiger partial charge < -0.3 is 19.7 Å². The van der Waals surface area contributed by atoms with Crippen LogP contribution in [-0.4, -0.2) is 32.2 Å². The van der Waals surface area contributed by atoms with Crippen molar-refractivity contribution < 1.29 is 19.2 Å². The quantitative estimate of drug-likeness (QED) is 0.818. The van der Waals surface area contributed by atoms with Crippen LogP contribution >= 0.6 is 23.2 Å². The number of quaternary nitrogens is 1. The Bertz CT molecular complexity index is 813. The minimum atomic E-state index is -0.279. The average Bonchev–Trinajstić information content (AvgIpc) is 2.64. The molecule has 1 heterocycles. The molecule has 1 amide bonds. The van der Waals surface area contributed by atoms with Crippen LogP contribution in [0.2, 0.25) is 10.0 Å². The van der Waals surface area contributed by atoms with Crippen LogP contribution in [0.4, 0.5) is 5.69 Å². The number of anilines is 1. The van der Waals surface area contributed by atoms with Crippen molar-refractivity contribution in [2.24, 2.45) is 0 Å². The molecule has 7 heteroatoms. The minimum Gasteiger partial charge on any atom is -0.486 e. The van der Waals surface area contributed by atoms with Gasteiger partial charge in [-0.3, -0.25) is 4.79 Å². The van der Waals surface area contributed by atoms with E-state index in [-0.39, 0.29) is 11.9 Å². The summed E-state index contributed by atoms with van der Waals surface area (Å²) in [5.74, 6) is 1.26. The van der Waals surface area contributed by atoms with E-state index in [0.29, 0.717) is 47.0 Å². The van der Waals surface area contributed by atoms with Crippen LogP contribution in [-0.2, 0) is 11.3 Å². The standard InChI is InChI=1S/C19H20Cl2N2O3/c1-12(23(2)11-13-4-3-5-15(20)18(13)21)19(24)22-14-6-7-16-17(10-14)26-9-8-25-16/h3-7,10,12H,8-9,11H2,1-2H3,(H,22,24)/p+1/t12-/m1/s1. The summed E-state index contributed by atoms with van der Waals surface area (Å²) in [6.45, 7) is 3.51. The van der Waals surface area contributed by atoms with Crippen molar-refractivity contribution in [3.63, 3.8) is 0 Å². The van der Waals surface area contributed by atoms with Gasteiger partial charge in [-0.1, -0.05) is 35.3 Å². The lowest BCUT2D eigenvalue weighted by Crippen LogP contribution is -3.12. The van der Waals surface area contributed by atoms with Crippen molar-refractivity contribution in [3.8, 4) is 11.5 Å². The van der Waals surface area contributed by atoms with Crippen molar-refractivity contribution in [2.45, 2.75) is 19.5 Å². The SMILES string of the molecule is C[C@H](C(=O)Nc1ccc2c(c1)OCCO2)[NH+](C)Cc1cccc(Cl)c1Cl. The fourth-order valence-corrected chi connectivity index (χ4v) is 3.12. The molecule has 0 aliphatic carbocycles. The zero-order chi connectivity index (χ0) is 18.7. The van der Waals surface area contributed by atoms with Gasteiger partial charge in [-0.05, 0) is 25.1 Å². The van der Waals surface area contributed by atoms with E-state index in [1.54, 1.807) is 24.3 Å². The number of carbonyl (C=O) groups excluding carboxylic acids is 1. The molecule has 1 aliphatic heterocycles. The lowest BCUT2D eigenvalue weighted by molar-refractivity contribution is -0.907. The maximum Gasteiger partial charge on any atom is 0.282 e. The van der Waals surface area contributed by atoms with E-state index < -0.39 is 0 Å². The zero-order valence-electron chi connectivity index (χ0n) is 14.6. The molecule has 2 N–H and O–H groups in total. The molecule has 0 spiro atoms. The first kappa shape index (κ1) is 18.8. The molecule has 0 bridgehead atoms. The fourth-order valence-electron chi connectivity index (χ4n) is 2.73. The summed E-state index contributed by atoms with van der Waals surface area (Å²) in [4.78, 5) is 13.6. The largest absolute Gasteiger partial charge is 0.486 e. The van der Waals surface area contributed by atoms with Gasteiger partial charge in [-0.15, -0.1) is 0 Å². The zero-order valence-corrected chi connectivity index (χ0v) is 16.2. The Kier molecular flexibility index (Phi) is 5.91. The van der Waals surface area contributed by atoms with Gasteiger partial charge in [0.15, 0.2) is 17.5 Å². The van der Waals surface area contributed by atoms with Gasteiger partial charge in [0.1, 0.15) is 19.8 Å². The van der Waals surface area contributed by atoms with Crippen LogP contribution in [0.1, 0.15) is 12.5 Å². The van der Waals surface area contributed by atoms with Crippen LogP contribution in [0.15, 0.2) is 36.4 Å². The maximum absolute atomic E-state index is 12.6. The second kappa shape index (κ2) is 8.16. The normalized spacial score (nSPS) is 15.2. The lowest BCUT2D eigenvalue weighted by atomic mass is 10.1. The van der Waals surface area contributed by atoms with Crippen molar-refractivity contribution in [2.75, 3.05) is 25.6 Å². The second-order valence-corrected chi connectivity index (χ2v) is 7.09. The number of hydrogen-bond donors (Lipinski definition) is 2. The molecular formula is C19H21Cl2N2O3+. The Morgan fingerprint density at radius 2 is 1.92 bits per heavy atom. The van der Waals surface area contributed by atoms with Crippen molar-refractivity contribution in [1.82, 2.24) is 0 Å². The number of halogens is 2. The third-order valence-corrected chi connectivity index (χ3v) is 5.30. The summed E-state index contributed by atoms with van der Waals surface area (Å²) in [7, 11) is 1.95. The Hall–Kier alpha value is -1.95. The first-order chi connectivity index (χ1) is 12.5. The Morgan fingerprint density at radius 1 is 1.19 bits per heavy atom. The number of fused-ring (bicyclic) bond motifs is 1. The van der Waals surface area contributed by atoms with Crippen molar-refractivity contribution in [3.05, 3.63) is 52.0 Å². The highest BCUT2D eigenvalue weighted by Crippen LogP contribution is 2.32. The molecule has 5 nitrogen and oxygen atoms in total. The average molecular weight is 396 g/mol. The number of likely N-dealkylation sites (N-methyl/N-ethyl adjacent to an activating group) is 1. The van der Waals surface area contributed by atoms with Crippen molar-refractivity contribution in [1.29, 1.82) is 0 Å². The van der Waals surface area contributed by atoms with E-state index in [1.165, 1.54) is 0 Å². The van der Waals surface area contributed by atoms with Gasteiger partial charge in [0.2, 0.25) is 0 Å². The van der Waals surface area contributed by atoms with Gasteiger partial charge in [0, 0.05) is 17.3 Å². The van der Waals surface area contributed by atoms with E-state index in [2.05, 4.69) is 5.32 Å². The van der Waals surface area contributed by atoms with Crippen LogP contribution in [0, 0.1) is 0 Å². The van der Waals surface area contributed by atoms with Crippen molar-refractivity contribution >= 4 is 34.8 Å². The third kappa shape index (κ3) is 4.23. The molecule has 0 saturated heterocycles. The third-order valence-electron chi connectivity index (χ3n) is 4.44. The van der Waals surface area contributed by atoms with Gasteiger partial charge in [0.25, 0.3) is 5.91 Å². The van der Waals surface area contributed by atoms with Crippen LogP contribution < -0.4 is 19.7 Å². The molecule has 26 heavy (non-hydrogen) atoms. The maximum atomic E-state index is 12.6. The molecule has 0 aromatic heterocycles. The van der Waals surface area contributed by atoms with Gasteiger partial charge >= 0.3 is 0 Å². The predicted octanol–water partition coefficient (Wildman–Crippen LogP) is 2.81. The van der Waals surface area contributed by atoms with Crippen LogP contribution in [0.25, 0.3) is 0 Å². The molecule has 2 aromatic carbocycles. The molecule has 0 saturated carbocycles. The number of rotatable bonds is 5. The second-order valence-electron chi connectivity index (χ2n) is 6.31. The van der Waals surface area contributed by atoms with E-state index in [4.69, 9.17) is 32.7 Å². The predicted molar refractivity (Wildman–Crippen MR) is 103 cm³/mol. The molecule has 2 aromatic rings. The molecule has 3 rings (SSSR count). The summed E-state index contributed by atoms with van der Waals surface area (Å²) < 4.78 is 11.0. The number of hydrogen-bond acceptors (Lipinski definition) is 3. The highest BCUT2D eigenvalue weighted by atomic mass is 35.5. The summed E-state index contributed by atoms with van der Waals surface area (Å²) in [5, 5.41) is 3.98. The summed E-state index contributed by atoms with van der Waals surface area (Å²) in [6, 6.07) is 10.6. The van der Waals surface area contributed by atoms with Crippen LogP contribution in [0.3, 0.4) is 0 Å². The molecule has 1 aliphatic rings. The minimum absolute atomic E-state index is 0.0858. The number of nitrogens with one attached hydrogen (secondary N) is 2. The Balaban J connectivity index is 1.64. The topological polar surface area (TPSA) is 52.0 Å². The van der Waals surface area contributed by atoms with E-state index in [1.807, 2.05) is 26.1 Å². The van der Waals surface area contributed by atoms with Gasteiger partial charge in [-0.25, -0.2) is 0 Å². The van der Waals surface area contributed by atoms with E-state index in [0.717, 1.165) is 10.5 Å². The lowest BCUT2D eigenvalue weighted by Gasteiger charge is -2.22. The van der Waals surface area contributed by atoms with E-state index >= 15 is 0 Å². The number of carbonyl (C=O) groups is 1. The fraction of sp³-hybridized carbons (Fsp3) is 0.316. The summed E-state index contributed by atoms with van der Waals surface area (Å²) in [5.41, 5.74) is 1.59. The highest BCUT2D eigenvalue weighted by Gasteiger charge is 2.23. The van der Waals surface area contributed by atoms with Crippen LogP contribution in [0.5, 0.6) is 11.5 Å². The monoisotopic (exact) mass is 395 g/mol. The first-order valence-corrected chi connectivity index (χ1v) is 9.17. The molecular weight excluding hydrogens is 375 g/mol. The number of amides is 1.